The SMILES string of the molecule is CCC1CCCCN1C(=O)C(C)Sc1nnc2ccc(C(F)(F)F)cn12. The quantitative estimate of drug-likeness (QED) is 0.745. The second kappa shape index (κ2) is 7.46. The lowest BCUT2D eigenvalue weighted by molar-refractivity contribution is -0.138. The topological polar surface area (TPSA) is 50.5 Å². The van der Waals surface area contributed by atoms with E-state index in [-0.39, 0.29) is 17.1 Å². The fourth-order valence-electron chi connectivity index (χ4n) is 3.28. The number of carbonyl (C=O) groups is 1. The van der Waals surface area contributed by atoms with Gasteiger partial charge in [-0.15, -0.1) is 10.2 Å². The lowest BCUT2D eigenvalue weighted by Gasteiger charge is -2.36. The molecule has 26 heavy (non-hydrogen) atoms. The number of likely N-dealkylation sites (tertiary alicyclic amines) is 1. The molecule has 0 spiro atoms. The van der Waals surface area contributed by atoms with Crippen LogP contribution in [0.15, 0.2) is 23.5 Å². The van der Waals surface area contributed by atoms with Gasteiger partial charge in [-0.2, -0.15) is 13.2 Å². The smallest absolute Gasteiger partial charge is 0.339 e. The normalized spacial score (nSPS) is 19.7. The van der Waals surface area contributed by atoms with Crippen molar-refractivity contribution in [3.63, 3.8) is 0 Å². The monoisotopic (exact) mass is 386 g/mol. The van der Waals surface area contributed by atoms with Gasteiger partial charge in [0.25, 0.3) is 0 Å². The predicted octanol–water partition coefficient (Wildman–Crippen LogP) is 4.02. The molecule has 1 saturated heterocycles. The minimum Gasteiger partial charge on any atom is -0.339 e. The Morgan fingerprint density at radius 2 is 2.12 bits per heavy atom. The molecule has 5 nitrogen and oxygen atoms in total. The largest absolute Gasteiger partial charge is 0.417 e. The Labute approximate surface area is 154 Å². The van der Waals surface area contributed by atoms with Gasteiger partial charge in [0.15, 0.2) is 10.8 Å². The van der Waals surface area contributed by atoms with E-state index in [0.29, 0.717) is 5.65 Å². The molecule has 3 heterocycles. The number of hydrogen-bond acceptors (Lipinski definition) is 4. The van der Waals surface area contributed by atoms with Gasteiger partial charge in [-0.25, -0.2) is 0 Å². The van der Waals surface area contributed by atoms with Gasteiger partial charge in [-0.3, -0.25) is 9.20 Å². The van der Waals surface area contributed by atoms with E-state index in [4.69, 9.17) is 0 Å². The van der Waals surface area contributed by atoms with Gasteiger partial charge in [-0.05, 0) is 44.7 Å². The number of rotatable bonds is 4. The highest BCUT2D eigenvalue weighted by molar-refractivity contribution is 8.00. The zero-order valence-electron chi connectivity index (χ0n) is 14.7. The summed E-state index contributed by atoms with van der Waals surface area (Å²) in [6.07, 6.45) is 0.560. The van der Waals surface area contributed by atoms with Crippen LogP contribution >= 0.6 is 11.8 Å². The number of alkyl halides is 3. The van der Waals surface area contributed by atoms with Crippen LogP contribution in [0.5, 0.6) is 0 Å². The van der Waals surface area contributed by atoms with Crippen LogP contribution in [0.25, 0.3) is 5.65 Å². The van der Waals surface area contributed by atoms with E-state index < -0.39 is 17.0 Å². The average molecular weight is 386 g/mol. The average Bonchev–Trinajstić information content (AvgIpc) is 3.02. The fourth-order valence-corrected chi connectivity index (χ4v) is 4.18. The van der Waals surface area contributed by atoms with Crippen molar-refractivity contribution < 1.29 is 18.0 Å². The first kappa shape index (κ1) is 19.0. The zero-order chi connectivity index (χ0) is 18.9. The summed E-state index contributed by atoms with van der Waals surface area (Å²) in [6, 6.07) is 2.50. The molecule has 2 atom stereocenters. The summed E-state index contributed by atoms with van der Waals surface area (Å²) < 4.78 is 40.1. The van der Waals surface area contributed by atoms with Crippen molar-refractivity contribution >= 4 is 23.3 Å². The summed E-state index contributed by atoms with van der Waals surface area (Å²) in [7, 11) is 0. The van der Waals surface area contributed by atoms with Gasteiger partial charge in [0.2, 0.25) is 5.91 Å². The van der Waals surface area contributed by atoms with E-state index in [1.165, 1.54) is 10.5 Å². The van der Waals surface area contributed by atoms with Gasteiger partial charge < -0.3 is 4.90 Å². The van der Waals surface area contributed by atoms with Crippen molar-refractivity contribution in [3.8, 4) is 0 Å². The van der Waals surface area contributed by atoms with Crippen molar-refractivity contribution in [2.45, 2.75) is 62.2 Å². The number of thioether (sulfide) groups is 1. The predicted molar refractivity (Wildman–Crippen MR) is 93.0 cm³/mol. The second-order valence-corrected chi connectivity index (χ2v) is 7.78. The molecule has 0 bridgehead atoms. The molecule has 0 radical (unpaired) electrons. The third-order valence-electron chi connectivity index (χ3n) is 4.71. The molecule has 3 rings (SSSR count). The van der Waals surface area contributed by atoms with Gasteiger partial charge in [0.05, 0.1) is 10.8 Å². The summed E-state index contributed by atoms with van der Waals surface area (Å²) >= 11 is 1.14. The first-order chi connectivity index (χ1) is 12.3. The lowest BCUT2D eigenvalue weighted by Crippen LogP contribution is -2.46. The Morgan fingerprint density at radius 1 is 1.35 bits per heavy atom. The van der Waals surface area contributed by atoms with Crippen LogP contribution in [0, 0.1) is 0 Å². The minimum absolute atomic E-state index is 0.00489. The highest BCUT2D eigenvalue weighted by atomic mass is 32.2. The zero-order valence-corrected chi connectivity index (χ0v) is 15.5. The molecular formula is C17H21F3N4OS. The summed E-state index contributed by atoms with van der Waals surface area (Å²) in [5.41, 5.74) is -0.447. The fraction of sp³-hybridized carbons (Fsp3) is 0.588. The number of carbonyl (C=O) groups excluding carboxylic acids is 1. The third kappa shape index (κ3) is 3.82. The summed E-state index contributed by atoms with van der Waals surface area (Å²) in [4.78, 5) is 14.7. The Hall–Kier alpha value is -1.77. The van der Waals surface area contributed by atoms with Gasteiger partial charge in [0.1, 0.15) is 0 Å². The molecule has 0 aliphatic carbocycles. The van der Waals surface area contributed by atoms with E-state index in [1.807, 2.05) is 4.90 Å². The van der Waals surface area contributed by atoms with Crippen LogP contribution in [-0.2, 0) is 11.0 Å². The molecule has 1 amide bonds. The standard InChI is InChI=1S/C17H21F3N4OS/c1-3-13-6-4-5-9-23(13)15(25)11(2)26-16-22-21-14-8-7-12(10-24(14)16)17(18,19)20/h7-8,10-11,13H,3-6,9H2,1-2H3. The molecule has 2 unspecified atom stereocenters. The van der Waals surface area contributed by atoms with E-state index in [9.17, 15) is 18.0 Å². The number of hydrogen-bond donors (Lipinski definition) is 0. The number of pyridine rings is 1. The maximum absolute atomic E-state index is 12.9. The molecule has 1 aliphatic rings. The molecular weight excluding hydrogens is 365 g/mol. The highest BCUT2D eigenvalue weighted by Crippen LogP contribution is 2.31. The maximum atomic E-state index is 12.9. The van der Waals surface area contributed by atoms with Crippen molar-refractivity contribution in [1.29, 1.82) is 0 Å². The van der Waals surface area contributed by atoms with Crippen LogP contribution in [0.2, 0.25) is 0 Å². The Balaban J connectivity index is 1.80. The van der Waals surface area contributed by atoms with Crippen LogP contribution in [0.1, 0.15) is 45.1 Å². The number of halogens is 3. The van der Waals surface area contributed by atoms with Gasteiger partial charge >= 0.3 is 6.18 Å². The number of piperidine rings is 1. The summed E-state index contributed by atoms with van der Waals surface area (Å²) in [5, 5.41) is 7.71. The van der Waals surface area contributed by atoms with Crippen LogP contribution in [0.3, 0.4) is 0 Å². The van der Waals surface area contributed by atoms with E-state index in [1.54, 1.807) is 6.92 Å². The molecule has 0 saturated carbocycles. The number of aromatic nitrogens is 3. The second-order valence-electron chi connectivity index (χ2n) is 6.48. The highest BCUT2D eigenvalue weighted by Gasteiger charge is 2.32. The molecule has 0 N–H and O–H groups in total. The lowest BCUT2D eigenvalue weighted by atomic mass is 10.00. The number of nitrogens with zero attached hydrogens (tertiary/aromatic N) is 4. The molecule has 2 aromatic rings. The van der Waals surface area contributed by atoms with E-state index >= 15 is 0 Å². The molecule has 1 fully saturated rings. The Bertz CT molecular complexity index is 792. The Kier molecular flexibility index (Phi) is 5.45. The minimum atomic E-state index is -4.44. The number of amides is 1. The first-order valence-corrected chi connectivity index (χ1v) is 9.58. The molecule has 9 heteroatoms. The van der Waals surface area contributed by atoms with E-state index in [0.717, 1.165) is 56.3 Å². The molecule has 0 aromatic carbocycles. The third-order valence-corrected chi connectivity index (χ3v) is 5.75. The Morgan fingerprint density at radius 3 is 2.81 bits per heavy atom. The van der Waals surface area contributed by atoms with E-state index in [2.05, 4.69) is 17.1 Å². The van der Waals surface area contributed by atoms with Crippen LogP contribution in [-0.4, -0.2) is 43.2 Å². The first-order valence-electron chi connectivity index (χ1n) is 8.70. The number of fused-ring (bicyclic) bond motifs is 1. The van der Waals surface area contributed by atoms with Gasteiger partial charge in [0, 0.05) is 18.8 Å². The van der Waals surface area contributed by atoms with Crippen LogP contribution < -0.4 is 0 Å². The van der Waals surface area contributed by atoms with Crippen molar-refractivity contribution in [2.75, 3.05) is 6.54 Å². The maximum Gasteiger partial charge on any atom is 0.417 e. The molecule has 2 aromatic heterocycles. The van der Waals surface area contributed by atoms with Crippen molar-refractivity contribution in [1.82, 2.24) is 19.5 Å². The van der Waals surface area contributed by atoms with Gasteiger partial charge in [-0.1, -0.05) is 18.7 Å². The molecule has 1 aliphatic heterocycles. The van der Waals surface area contributed by atoms with Crippen molar-refractivity contribution in [2.24, 2.45) is 0 Å². The summed E-state index contributed by atoms with van der Waals surface area (Å²) in [5.74, 6) is 0.00489. The molecule has 142 valence electrons. The summed E-state index contributed by atoms with van der Waals surface area (Å²) in [6.45, 7) is 4.57. The van der Waals surface area contributed by atoms with Crippen molar-refractivity contribution in [3.05, 3.63) is 23.9 Å². The van der Waals surface area contributed by atoms with Crippen LogP contribution in [0.4, 0.5) is 13.2 Å².